The van der Waals surface area contributed by atoms with Gasteiger partial charge in [-0.2, -0.15) is 4.31 Å². The van der Waals surface area contributed by atoms with E-state index in [0.717, 1.165) is 16.2 Å². The van der Waals surface area contributed by atoms with Gasteiger partial charge >= 0.3 is 0 Å². The number of pyridine rings is 1. The molecule has 0 spiro atoms. The van der Waals surface area contributed by atoms with Crippen LogP contribution in [0.15, 0.2) is 57.7 Å². The number of nitrogens with one attached hydrogen (secondary N) is 1. The molecule has 0 atom stereocenters. The maximum atomic E-state index is 12.7. The number of hydrogen-bond acceptors (Lipinski definition) is 6. The normalized spacial score (nSPS) is 11.6. The van der Waals surface area contributed by atoms with E-state index in [1.165, 1.54) is 27.9 Å². The van der Waals surface area contributed by atoms with Crippen molar-refractivity contribution in [2.24, 2.45) is 0 Å². The average Bonchev–Trinajstić information content (AvgIpc) is 3.19. The van der Waals surface area contributed by atoms with Crippen LogP contribution in [0.5, 0.6) is 0 Å². The van der Waals surface area contributed by atoms with Gasteiger partial charge < -0.3 is 9.88 Å². The number of amides is 1. The number of carbonyl (C=O) groups excluding carboxylic acids is 1. The SMILES string of the molecule is CCN(CC)S(=O)(=O)c1ccc(=O)n(CC(=O)Nc2nc(-c3ccc(Cl)cc3)cs2)c1. The second-order valence-corrected chi connectivity index (χ2v) is 9.75. The minimum absolute atomic E-state index is 0.0390. The zero-order valence-corrected chi connectivity index (χ0v) is 19.3. The van der Waals surface area contributed by atoms with Crippen LogP contribution < -0.4 is 10.9 Å². The predicted molar refractivity (Wildman–Crippen MR) is 122 cm³/mol. The zero-order chi connectivity index (χ0) is 22.6. The molecule has 0 fully saturated rings. The van der Waals surface area contributed by atoms with E-state index in [9.17, 15) is 18.0 Å². The third-order valence-electron chi connectivity index (χ3n) is 4.50. The summed E-state index contributed by atoms with van der Waals surface area (Å²) in [6.07, 6.45) is 1.19. The summed E-state index contributed by atoms with van der Waals surface area (Å²) in [5.74, 6) is -0.489. The molecule has 3 rings (SSSR count). The summed E-state index contributed by atoms with van der Waals surface area (Å²) in [7, 11) is -3.74. The molecule has 0 bridgehead atoms. The molecule has 2 aromatic heterocycles. The van der Waals surface area contributed by atoms with Crippen LogP contribution in [-0.2, 0) is 21.4 Å². The summed E-state index contributed by atoms with van der Waals surface area (Å²) >= 11 is 7.14. The van der Waals surface area contributed by atoms with Crippen LogP contribution in [0.4, 0.5) is 5.13 Å². The van der Waals surface area contributed by atoms with Gasteiger partial charge in [0.05, 0.1) is 10.6 Å². The quantitative estimate of drug-likeness (QED) is 0.533. The molecular weight excluding hydrogens is 460 g/mol. The number of halogens is 1. The number of benzene rings is 1. The highest BCUT2D eigenvalue weighted by Crippen LogP contribution is 2.26. The van der Waals surface area contributed by atoms with Gasteiger partial charge in [0, 0.05) is 41.3 Å². The Morgan fingerprint density at radius 3 is 2.48 bits per heavy atom. The molecule has 3 aromatic rings. The first-order valence-electron chi connectivity index (χ1n) is 9.46. The fourth-order valence-corrected chi connectivity index (χ4v) is 5.24. The molecular formula is C20H21ClN4O4S2. The molecule has 0 aliphatic rings. The largest absolute Gasteiger partial charge is 0.305 e. The van der Waals surface area contributed by atoms with E-state index in [4.69, 9.17) is 11.6 Å². The van der Waals surface area contributed by atoms with Gasteiger partial charge in [0.1, 0.15) is 6.54 Å². The van der Waals surface area contributed by atoms with Crippen LogP contribution in [0.2, 0.25) is 5.02 Å². The lowest BCUT2D eigenvalue weighted by Gasteiger charge is -2.18. The Labute approximate surface area is 189 Å². The smallest absolute Gasteiger partial charge is 0.251 e. The molecule has 0 radical (unpaired) electrons. The molecule has 8 nitrogen and oxygen atoms in total. The summed E-state index contributed by atoms with van der Waals surface area (Å²) in [6.45, 7) is 3.74. The van der Waals surface area contributed by atoms with Gasteiger partial charge in [-0.15, -0.1) is 11.3 Å². The molecule has 164 valence electrons. The lowest BCUT2D eigenvalue weighted by atomic mass is 10.2. The number of nitrogens with zero attached hydrogens (tertiary/aromatic N) is 3. The van der Waals surface area contributed by atoms with Crippen molar-refractivity contribution in [3.8, 4) is 11.3 Å². The third kappa shape index (κ3) is 5.40. The van der Waals surface area contributed by atoms with Crippen LogP contribution in [0.1, 0.15) is 13.8 Å². The van der Waals surface area contributed by atoms with E-state index in [0.29, 0.717) is 28.9 Å². The molecule has 1 aromatic carbocycles. The number of anilines is 1. The topological polar surface area (TPSA) is 101 Å². The molecule has 2 heterocycles. The van der Waals surface area contributed by atoms with Crippen molar-refractivity contribution in [2.45, 2.75) is 25.3 Å². The van der Waals surface area contributed by atoms with Crippen LogP contribution in [0.25, 0.3) is 11.3 Å². The standard InChI is InChI=1S/C20H21ClN4O4S2/c1-3-25(4-2)31(28,29)16-9-10-19(27)24(11-16)12-18(26)23-20-22-17(13-30-20)14-5-7-15(21)8-6-14/h5-11,13H,3-4,12H2,1-2H3,(H,22,23,26). The molecule has 1 amide bonds. The van der Waals surface area contributed by atoms with Gasteiger partial charge in [0.15, 0.2) is 5.13 Å². The first-order valence-corrected chi connectivity index (χ1v) is 12.2. The van der Waals surface area contributed by atoms with Crippen LogP contribution in [0.3, 0.4) is 0 Å². The minimum Gasteiger partial charge on any atom is -0.305 e. The number of aromatic nitrogens is 2. The van der Waals surface area contributed by atoms with Gasteiger partial charge in [-0.1, -0.05) is 37.6 Å². The lowest BCUT2D eigenvalue weighted by molar-refractivity contribution is -0.116. The summed E-state index contributed by atoms with van der Waals surface area (Å²) in [5.41, 5.74) is 1.06. The van der Waals surface area contributed by atoms with E-state index in [1.54, 1.807) is 31.4 Å². The number of carbonyl (C=O) groups is 1. The van der Waals surface area contributed by atoms with Gasteiger partial charge in [0.25, 0.3) is 5.56 Å². The average molecular weight is 481 g/mol. The molecule has 31 heavy (non-hydrogen) atoms. The third-order valence-corrected chi connectivity index (χ3v) is 7.55. The Balaban J connectivity index is 1.75. The monoisotopic (exact) mass is 480 g/mol. The van der Waals surface area contributed by atoms with E-state index in [-0.39, 0.29) is 11.4 Å². The van der Waals surface area contributed by atoms with Crippen molar-refractivity contribution in [3.05, 3.63) is 63.4 Å². The molecule has 1 N–H and O–H groups in total. The maximum absolute atomic E-state index is 12.7. The fourth-order valence-electron chi connectivity index (χ4n) is 2.90. The molecule has 0 unspecified atom stereocenters. The van der Waals surface area contributed by atoms with Crippen LogP contribution >= 0.6 is 22.9 Å². The number of thiazole rings is 1. The molecule has 11 heteroatoms. The first-order chi connectivity index (χ1) is 14.7. The second kappa shape index (κ2) is 9.73. The fraction of sp³-hybridized carbons (Fsp3) is 0.250. The summed E-state index contributed by atoms with van der Waals surface area (Å²) in [5, 5.41) is 5.42. The van der Waals surface area contributed by atoms with E-state index in [2.05, 4.69) is 10.3 Å². The molecule has 0 saturated heterocycles. The Bertz CT molecular complexity index is 1230. The summed E-state index contributed by atoms with van der Waals surface area (Å²) in [6, 6.07) is 9.55. The summed E-state index contributed by atoms with van der Waals surface area (Å²) in [4.78, 5) is 28.9. The number of sulfonamides is 1. The highest BCUT2D eigenvalue weighted by molar-refractivity contribution is 7.89. The Kier molecular flexibility index (Phi) is 7.26. The number of hydrogen-bond donors (Lipinski definition) is 1. The van der Waals surface area contributed by atoms with Crippen LogP contribution in [0, 0.1) is 0 Å². The second-order valence-electron chi connectivity index (χ2n) is 6.51. The zero-order valence-electron chi connectivity index (χ0n) is 16.9. The van der Waals surface area contributed by atoms with Gasteiger partial charge in [0.2, 0.25) is 15.9 Å². The van der Waals surface area contributed by atoms with Crippen molar-refractivity contribution in [1.29, 1.82) is 0 Å². The van der Waals surface area contributed by atoms with Crippen LogP contribution in [-0.4, -0.2) is 41.3 Å². The minimum atomic E-state index is -3.74. The Morgan fingerprint density at radius 1 is 1.16 bits per heavy atom. The molecule has 0 aliphatic carbocycles. The molecule has 0 aliphatic heterocycles. The van der Waals surface area contributed by atoms with E-state index in [1.807, 2.05) is 12.1 Å². The van der Waals surface area contributed by atoms with Crippen molar-refractivity contribution in [1.82, 2.24) is 13.9 Å². The Morgan fingerprint density at radius 2 is 1.84 bits per heavy atom. The van der Waals surface area contributed by atoms with E-state index < -0.39 is 21.5 Å². The predicted octanol–water partition coefficient (Wildman–Crippen LogP) is 3.29. The van der Waals surface area contributed by atoms with E-state index >= 15 is 0 Å². The van der Waals surface area contributed by atoms with Gasteiger partial charge in [-0.05, 0) is 18.2 Å². The van der Waals surface area contributed by atoms with Crippen molar-refractivity contribution < 1.29 is 13.2 Å². The Hall–Kier alpha value is -2.53. The van der Waals surface area contributed by atoms with Gasteiger partial charge in [-0.3, -0.25) is 9.59 Å². The summed E-state index contributed by atoms with van der Waals surface area (Å²) < 4.78 is 27.7. The van der Waals surface area contributed by atoms with Crippen molar-refractivity contribution in [2.75, 3.05) is 18.4 Å². The maximum Gasteiger partial charge on any atom is 0.251 e. The van der Waals surface area contributed by atoms with Crippen molar-refractivity contribution >= 4 is 44.0 Å². The number of rotatable bonds is 8. The van der Waals surface area contributed by atoms with Crippen molar-refractivity contribution in [3.63, 3.8) is 0 Å². The highest BCUT2D eigenvalue weighted by atomic mass is 35.5. The lowest BCUT2D eigenvalue weighted by Crippen LogP contribution is -2.33. The molecule has 0 saturated carbocycles. The highest BCUT2D eigenvalue weighted by Gasteiger charge is 2.22. The van der Waals surface area contributed by atoms with Gasteiger partial charge in [-0.25, -0.2) is 13.4 Å². The first kappa shape index (κ1) is 23.1.